The first-order valence-electron chi connectivity index (χ1n) is 5.31. The van der Waals surface area contributed by atoms with E-state index < -0.39 is 15.9 Å². The minimum atomic E-state index is -3.33. The second-order valence-corrected chi connectivity index (χ2v) is 6.18. The van der Waals surface area contributed by atoms with Gasteiger partial charge in [-0.05, 0) is 32.0 Å². The van der Waals surface area contributed by atoms with Crippen molar-refractivity contribution in [2.45, 2.75) is 24.8 Å². The Labute approximate surface area is 106 Å². The van der Waals surface area contributed by atoms with E-state index in [1.165, 1.54) is 18.2 Å². The molecule has 2 N–H and O–H groups in total. The van der Waals surface area contributed by atoms with Crippen LogP contribution in [0.5, 0.6) is 0 Å². The number of urea groups is 1. The molecule has 0 atom stereocenters. The zero-order chi connectivity index (χ0) is 13.9. The number of benzene rings is 1. The van der Waals surface area contributed by atoms with Crippen LogP contribution in [0.2, 0.25) is 0 Å². The molecule has 2 amide bonds. The zero-order valence-electron chi connectivity index (χ0n) is 10.4. The Bertz CT molecular complexity index is 540. The fraction of sp³-hybridized carbons (Fsp3) is 0.364. The summed E-state index contributed by atoms with van der Waals surface area (Å²) < 4.78 is 22.7. The van der Waals surface area contributed by atoms with Gasteiger partial charge in [-0.25, -0.2) is 18.3 Å². The fourth-order valence-corrected chi connectivity index (χ4v) is 1.89. The number of nitrogens with one attached hydrogen (secondary N) is 1. The van der Waals surface area contributed by atoms with E-state index in [4.69, 9.17) is 0 Å². The highest BCUT2D eigenvalue weighted by Crippen LogP contribution is 2.15. The molecule has 18 heavy (non-hydrogen) atoms. The van der Waals surface area contributed by atoms with Gasteiger partial charge in [-0.15, -0.1) is 0 Å². The molecule has 0 spiro atoms. The Kier molecular flexibility index (Phi) is 4.31. The number of nitrogens with zero attached hydrogens (tertiary/aromatic N) is 1. The van der Waals surface area contributed by atoms with Crippen LogP contribution in [0.1, 0.15) is 13.8 Å². The van der Waals surface area contributed by atoms with Gasteiger partial charge in [-0.2, -0.15) is 0 Å². The smallest absolute Gasteiger partial charge is 0.306 e. The molecule has 7 heteroatoms. The predicted octanol–water partition coefficient (Wildman–Crippen LogP) is 1.72. The van der Waals surface area contributed by atoms with Crippen LogP contribution < -0.4 is 5.32 Å². The monoisotopic (exact) mass is 272 g/mol. The second kappa shape index (κ2) is 5.36. The number of carbonyl (C=O) groups excluding carboxylic acids is 1. The lowest BCUT2D eigenvalue weighted by atomic mass is 10.3. The molecule has 0 saturated carbocycles. The summed E-state index contributed by atoms with van der Waals surface area (Å²) >= 11 is 0. The standard InChI is InChI=1S/C11H16N2O4S/c1-8(2)13(15)11(14)12-9-5-4-6-10(7-9)18(3,16)17/h4-8,15H,1-3H3,(H,12,14). The highest BCUT2D eigenvalue weighted by molar-refractivity contribution is 7.90. The summed E-state index contributed by atoms with van der Waals surface area (Å²) in [6.45, 7) is 3.29. The van der Waals surface area contributed by atoms with Crippen molar-refractivity contribution in [2.75, 3.05) is 11.6 Å². The summed E-state index contributed by atoms with van der Waals surface area (Å²) in [6, 6.07) is 4.74. The number of hydrogen-bond acceptors (Lipinski definition) is 4. The van der Waals surface area contributed by atoms with Gasteiger partial charge in [-0.3, -0.25) is 5.21 Å². The third-order valence-corrected chi connectivity index (χ3v) is 3.32. The van der Waals surface area contributed by atoms with Gasteiger partial charge in [0.1, 0.15) is 0 Å². The summed E-state index contributed by atoms with van der Waals surface area (Å²) in [5.41, 5.74) is 0.308. The normalized spacial score (nSPS) is 11.4. The van der Waals surface area contributed by atoms with E-state index in [9.17, 15) is 18.4 Å². The van der Waals surface area contributed by atoms with Crippen molar-refractivity contribution >= 4 is 21.6 Å². The van der Waals surface area contributed by atoms with Gasteiger partial charge in [0.15, 0.2) is 9.84 Å². The van der Waals surface area contributed by atoms with Crippen LogP contribution >= 0.6 is 0 Å². The van der Waals surface area contributed by atoms with E-state index in [1.54, 1.807) is 19.9 Å². The minimum absolute atomic E-state index is 0.106. The molecule has 0 aliphatic rings. The van der Waals surface area contributed by atoms with Gasteiger partial charge in [0.25, 0.3) is 0 Å². The Hall–Kier alpha value is -1.60. The molecule has 1 rings (SSSR count). The van der Waals surface area contributed by atoms with Crippen LogP contribution in [-0.2, 0) is 9.84 Å². The Balaban J connectivity index is 2.90. The van der Waals surface area contributed by atoms with Gasteiger partial charge >= 0.3 is 6.03 Å². The fourth-order valence-electron chi connectivity index (χ4n) is 1.22. The lowest BCUT2D eigenvalue weighted by molar-refractivity contribution is -0.0622. The topological polar surface area (TPSA) is 86.7 Å². The molecule has 1 aromatic rings. The molecule has 0 radical (unpaired) electrons. The molecule has 0 saturated heterocycles. The van der Waals surface area contributed by atoms with E-state index in [2.05, 4.69) is 5.32 Å². The Morgan fingerprint density at radius 2 is 2.00 bits per heavy atom. The molecule has 0 aromatic heterocycles. The van der Waals surface area contributed by atoms with Crippen molar-refractivity contribution in [3.63, 3.8) is 0 Å². The van der Waals surface area contributed by atoms with Gasteiger partial charge in [0.2, 0.25) is 0 Å². The minimum Gasteiger partial charge on any atom is -0.306 e. The van der Waals surface area contributed by atoms with E-state index in [0.29, 0.717) is 10.8 Å². The van der Waals surface area contributed by atoms with Gasteiger partial charge in [-0.1, -0.05) is 6.07 Å². The largest absolute Gasteiger partial charge is 0.345 e. The van der Waals surface area contributed by atoms with Crippen LogP contribution in [0, 0.1) is 0 Å². The second-order valence-electron chi connectivity index (χ2n) is 4.17. The molecule has 6 nitrogen and oxygen atoms in total. The van der Waals surface area contributed by atoms with E-state index >= 15 is 0 Å². The van der Waals surface area contributed by atoms with Crippen molar-refractivity contribution in [1.29, 1.82) is 0 Å². The summed E-state index contributed by atoms with van der Waals surface area (Å²) in [4.78, 5) is 11.6. The molecule has 0 aliphatic heterocycles. The number of rotatable bonds is 3. The predicted molar refractivity (Wildman–Crippen MR) is 67.3 cm³/mol. The molecule has 1 aromatic carbocycles. The van der Waals surface area contributed by atoms with Crippen LogP contribution in [0.4, 0.5) is 10.5 Å². The first-order valence-corrected chi connectivity index (χ1v) is 7.20. The molecule has 0 heterocycles. The maximum atomic E-state index is 11.5. The summed E-state index contributed by atoms with van der Waals surface area (Å²) in [5, 5.41) is 12.3. The molecule has 0 aliphatic carbocycles. The van der Waals surface area contributed by atoms with E-state index in [1.807, 2.05) is 0 Å². The molecule has 0 bridgehead atoms. The van der Waals surface area contributed by atoms with Crippen molar-refractivity contribution in [3.05, 3.63) is 24.3 Å². The van der Waals surface area contributed by atoms with Crippen LogP contribution in [-0.4, -0.2) is 37.0 Å². The van der Waals surface area contributed by atoms with Crippen molar-refractivity contribution in [1.82, 2.24) is 5.06 Å². The van der Waals surface area contributed by atoms with Crippen LogP contribution in [0.3, 0.4) is 0 Å². The molecular formula is C11H16N2O4S. The molecule has 0 unspecified atom stereocenters. The average molecular weight is 272 g/mol. The van der Waals surface area contributed by atoms with Crippen LogP contribution in [0.25, 0.3) is 0 Å². The Morgan fingerprint density at radius 1 is 1.39 bits per heavy atom. The molecule has 0 fully saturated rings. The average Bonchev–Trinajstić information content (AvgIpc) is 2.27. The third kappa shape index (κ3) is 3.71. The van der Waals surface area contributed by atoms with Crippen molar-refractivity contribution < 1.29 is 18.4 Å². The van der Waals surface area contributed by atoms with Crippen molar-refractivity contribution in [3.8, 4) is 0 Å². The number of amides is 2. The number of carbonyl (C=O) groups is 1. The Morgan fingerprint density at radius 3 is 2.50 bits per heavy atom. The lowest BCUT2D eigenvalue weighted by Gasteiger charge is -2.19. The van der Waals surface area contributed by atoms with Crippen molar-refractivity contribution in [2.24, 2.45) is 0 Å². The third-order valence-electron chi connectivity index (χ3n) is 2.21. The first kappa shape index (κ1) is 14.5. The molecule has 100 valence electrons. The number of anilines is 1. The highest BCUT2D eigenvalue weighted by atomic mass is 32.2. The maximum absolute atomic E-state index is 11.5. The molecular weight excluding hydrogens is 256 g/mol. The summed E-state index contributed by atoms with van der Waals surface area (Å²) in [7, 11) is -3.33. The SMILES string of the molecule is CC(C)N(O)C(=O)Nc1cccc(S(C)(=O)=O)c1. The van der Waals surface area contributed by atoms with Gasteiger partial charge in [0.05, 0.1) is 10.9 Å². The summed E-state index contributed by atoms with van der Waals surface area (Å²) in [5.74, 6) is 0. The number of hydroxylamine groups is 2. The maximum Gasteiger partial charge on any atom is 0.345 e. The van der Waals surface area contributed by atoms with Crippen LogP contribution in [0.15, 0.2) is 29.2 Å². The van der Waals surface area contributed by atoms with E-state index in [0.717, 1.165) is 6.26 Å². The highest BCUT2D eigenvalue weighted by Gasteiger charge is 2.15. The van der Waals surface area contributed by atoms with Gasteiger partial charge < -0.3 is 5.32 Å². The summed E-state index contributed by atoms with van der Waals surface area (Å²) in [6.07, 6.45) is 1.08. The quantitative estimate of drug-likeness (QED) is 0.648. The number of hydrogen-bond donors (Lipinski definition) is 2. The van der Waals surface area contributed by atoms with E-state index in [-0.39, 0.29) is 10.9 Å². The van der Waals surface area contributed by atoms with Gasteiger partial charge in [0, 0.05) is 11.9 Å². The lowest BCUT2D eigenvalue weighted by Crippen LogP contribution is -2.37. The zero-order valence-corrected chi connectivity index (χ0v) is 11.2. The first-order chi connectivity index (χ1) is 8.21. The number of sulfone groups is 1.